The molecule has 132 valence electrons. The Hall–Kier alpha value is -2.57. The summed E-state index contributed by atoms with van der Waals surface area (Å²) >= 11 is 0. The molecule has 2 N–H and O–H groups in total. The molecule has 0 atom stereocenters. The number of nitrogens with zero attached hydrogens (tertiary/aromatic N) is 3. The highest BCUT2D eigenvalue weighted by Crippen LogP contribution is 2.13. The zero-order chi connectivity index (χ0) is 17.9. The Bertz CT molecular complexity index is 725. The Labute approximate surface area is 147 Å². The summed E-state index contributed by atoms with van der Waals surface area (Å²) < 4.78 is 12.3. The molecule has 0 spiro atoms. The molecule has 2 heterocycles. The fourth-order valence-electron chi connectivity index (χ4n) is 2.37. The van der Waals surface area contributed by atoms with Crippen LogP contribution >= 0.6 is 0 Å². The third kappa shape index (κ3) is 6.45. The molecule has 0 bridgehead atoms. The number of benzene rings is 1. The first kappa shape index (κ1) is 18.8. The normalized spacial score (nSPS) is 12.9. The van der Waals surface area contributed by atoms with Gasteiger partial charge in [-0.15, -0.1) is 0 Å². The SMILES string of the molecule is CNc1cccc(F)c1.OCN1CCc2ncncccccc2C1. The van der Waals surface area contributed by atoms with Crippen LogP contribution in [0.4, 0.5) is 10.1 Å². The summed E-state index contributed by atoms with van der Waals surface area (Å²) in [6, 6.07) is 14.2. The van der Waals surface area contributed by atoms with Crippen LogP contribution in [0.25, 0.3) is 0 Å². The van der Waals surface area contributed by atoms with Gasteiger partial charge in [0.2, 0.25) is 0 Å². The monoisotopic (exact) mass is 342 g/mol. The minimum absolute atomic E-state index is 0.0995. The lowest BCUT2D eigenvalue weighted by atomic mass is 10.1. The molecule has 0 amide bonds. The Balaban J connectivity index is 0.000000212. The van der Waals surface area contributed by atoms with Crippen molar-refractivity contribution in [2.75, 3.05) is 25.6 Å². The van der Waals surface area contributed by atoms with E-state index in [0.29, 0.717) is 0 Å². The van der Waals surface area contributed by atoms with Crippen LogP contribution in [0.1, 0.15) is 11.3 Å². The number of halogens is 1. The molecule has 25 heavy (non-hydrogen) atoms. The zero-order valence-electron chi connectivity index (χ0n) is 14.3. The zero-order valence-corrected chi connectivity index (χ0v) is 14.3. The maximum absolute atomic E-state index is 12.3. The molecule has 6 heteroatoms. The van der Waals surface area contributed by atoms with E-state index >= 15 is 0 Å². The van der Waals surface area contributed by atoms with Crippen molar-refractivity contribution in [3.63, 3.8) is 0 Å². The molecule has 3 rings (SSSR count). The first-order chi connectivity index (χ1) is 12.2. The summed E-state index contributed by atoms with van der Waals surface area (Å²) in [4.78, 5) is 10.4. The molecule has 0 unspecified atom stereocenters. The molecule has 5 nitrogen and oxygen atoms in total. The van der Waals surface area contributed by atoms with Gasteiger partial charge in [0.05, 0.1) is 6.73 Å². The molecule has 0 saturated carbocycles. The molecular weight excluding hydrogens is 319 g/mol. The summed E-state index contributed by atoms with van der Waals surface area (Å²) in [5.74, 6) is -0.207. The van der Waals surface area contributed by atoms with Gasteiger partial charge in [-0.3, -0.25) is 4.90 Å². The minimum atomic E-state index is -0.207. The summed E-state index contributed by atoms with van der Waals surface area (Å²) in [6.07, 6.45) is 4.14. The quantitative estimate of drug-likeness (QED) is 0.879. The van der Waals surface area contributed by atoms with E-state index in [0.717, 1.165) is 36.5 Å². The summed E-state index contributed by atoms with van der Waals surface area (Å²) in [7, 11) is 1.76. The molecule has 0 aliphatic carbocycles. The highest BCUT2D eigenvalue weighted by molar-refractivity contribution is 5.41. The first-order valence-corrected chi connectivity index (χ1v) is 8.10. The van der Waals surface area contributed by atoms with Crippen LogP contribution in [0.5, 0.6) is 0 Å². The standard InChI is InChI=1S/C12H15N3O.C7H8FN/c16-10-15-7-5-12-11(8-15)4-2-1-3-6-13-9-14-12;1-9-7-4-2-3-6(8)5-7/h1-4,6,9,16H,5,7-8,10H2;2-5,9H,1H3. The summed E-state index contributed by atoms with van der Waals surface area (Å²) in [5.41, 5.74) is 3.02. The smallest absolute Gasteiger partial charge is 0.125 e. The topological polar surface area (TPSA) is 61.3 Å². The highest BCUT2D eigenvalue weighted by Gasteiger charge is 2.14. The molecule has 1 aromatic heterocycles. The second kappa shape index (κ2) is 10.3. The van der Waals surface area contributed by atoms with E-state index < -0.39 is 0 Å². The number of hydrogen-bond donors (Lipinski definition) is 2. The molecule has 1 aliphatic rings. The second-order valence-electron chi connectivity index (χ2n) is 5.46. The lowest BCUT2D eigenvalue weighted by Gasteiger charge is -2.24. The molecular formula is C19H23FN4O. The Kier molecular flexibility index (Phi) is 7.75. The minimum Gasteiger partial charge on any atom is -0.388 e. The van der Waals surface area contributed by atoms with Crippen molar-refractivity contribution in [1.29, 1.82) is 0 Å². The molecule has 1 aromatic carbocycles. The first-order valence-electron chi connectivity index (χ1n) is 8.10. The molecule has 0 saturated heterocycles. The predicted octanol–water partition coefficient (Wildman–Crippen LogP) is 2.78. The largest absolute Gasteiger partial charge is 0.388 e. The number of fused-ring (bicyclic) bond motifs is 1. The lowest BCUT2D eigenvalue weighted by Crippen LogP contribution is -2.31. The second-order valence-corrected chi connectivity index (χ2v) is 5.46. The Morgan fingerprint density at radius 2 is 2.08 bits per heavy atom. The van der Waals surface area contributed by atoms with Crippen molar-refractivity contribution in [2.24, 2.45) is 0 Å². The van der Waals surface area contributed by atoms with Crippen molar-refractivity contribution in [3.8, 4) is 0 Å². The molecule has 0 radical (unpaired) electrons. The maximum Gasteiger partial charge on any atom is 0.125 e. The summed E-state index contributed by atoms with van der Waals surface area (Å²) in [6.45, 7) is 1.69. The summed E-state index contributed by atoms with van der Waals surface area (Å²) in [5, 5.41) is 11.9. The van der Waals surface area contributed by atoms with E-state index in [-0.39, 0.29) is 12.5 Å². The van der Waals surface area contributed by atoms with Crippen LogP contribution in [-0.4, -0.2) is 40.3 Å². The number of aliphatic hydroxyl groups is 1. The third-order valence-electron chi connectivity index (χ3n) is 3.71. The number of anilines is 1. The maximum atomic E-state index is 12.3. The van der Waals surface area contributed by atoms with Gasteiger partial charge in [0.25, 0.3) is 0 Å². The number of aliphatic hydroxyl groups excluding tert-OH is 1. The lowest BCUT2D eigenvalue weighted by molar-refractivity contribution is 0.0952. The number of aromatic nitrogens is 2. The fraction of sp³-hybridized carbons (Fsp3) is 0.263. The van der Waals surface area contributed by atoms with Gasteiger partial charge in [0.15, 0.2) is 0 Å². The average Bonchev–Trinajstić information content (AvgIpc) is 2.65. The molecule has 1 aliphatic heterocycles. The highest BCUT2D eigenvalue weighted by atomic mass is 19.1. The fourth-order valence-corrected chi connectivity index (χ4v) is 2.37. The van der Waals surface area contributed by atoms with Crippen molar-refractivity contribution >= 4 is 5.69 Å². The Morgan fingerprint density at radius 3 is 2.80 bits per heavy atom. The van der Waals surface area contributed by atoms with Gasteiger partial charge >= 0.3 is 0 Å². The van der Waals surface area contributed by atoms with Crippen molar-refractivity contribution in [2.45, 2.75) is 13.0 Å². The van der Waals surface area contributed by atoms with Gasteiger partial charge in [0.1, 0.15) is 12.1 Å². The average molecular weight is 342 g/mol. The molecule has 0 fully saturated rings. The van der Waals surface area contributed by atoms with Gasteiger partial charge in [-0.25, -0.2) is 14.4 Å². The van der Waals surface area contributed by atoms with Crippen LogP contribution in [-0.2, 0) is 13.0 Å². The van der Waals surface area contributed by atoms with E-state index in [2.05, 4.69) is 15.3 Å². The van der Waals surface area contributed by atoms with Crippen molar-refractivity contribution in [3.05, 3.63) is 78.1 Å². The number of rotatable bonds is 2. The van der Waals surface area contributed by atoms with Gasteiger partial charge in [-0.1, -0.05) is 24.3 Å². The predicted molar refractivity (Wildman–Crippen MR) is 96.8 cm³/mol. The van der Waals surface area contributed by atoms with Crippen LogP contribution in [0.2, 0.25) is 0 Å². The van der Waals surface area contributed by atoms with Gasteiger partial charge in [-0.2, -0.15) is 0 Å². The Morgan fingerprint density at radius 1 is 1.20 bits per heavy atom. The van der Waals surface area contributed by atoms with E-state index in [1.807, 2.05) is 35.2 Å². The van der Waals surface area contributed by atoms with Crippen LogP contribution in [0, 0.1) is 5.82 Å². The molecule has 2 aromatic rings. The van der Waals surface area contributed by atoms with Crippen molar-refractivity contribution in [1.82, 2.24) is 14.9 Å². The number of hydrogen-bond acceptors (Lipinski definition) is 5. The third-order valence-corrected chi connectivity index (χ3v) is 3.71. The number of nitrogens with one attached hydrogen (secondary N) is 1. The van der Waals surface area contributed by atoms with Gasteiger partial charge in [-0.05, 0) is 29.8 Å². The van der Waals surface area contributed by atoms with E-state index in [9.17, 15) is 4.39 Å². The van der Waals surface area contributed by atoms with Gasteiger partial charge in [0, 0.05) is 44.1 Å². The van der Waals surface area contributed by atoms with E-state index in [4.69, 9.17) is 5.11 Å². The van der Waals surface area contributed by atoms with Crippen molar-refractivity contribution < 1.29 is 9.50 Å². The van der Waals surface area contributed by atoms with Gasteiger partial charge < -0.3 is 10.4 Å². The van der Waals surface area contributed by atoms with Crippen LogP contribution in [0.3, 0.4) is 0 Å². The van der Waals surface area contributed by atoms with Crippen LogP contribution < -0.4 is 5.32 Å². The van der Waals surface area contributed by atoms with Crippen LogP contribution in [0.15, 0.2) is 61.1 Å². The van der Waals surface area contributed by atoms with E-state index in [1.54, 1.807) is 25.6 Å². The van der Waals surface area contributed by atoms with E-state index in [1.165, 1.54) is 12.1 Å².